The van der Waals surface area contributed by atoms with E-state index in [1.807, 2.05) is 10.3 Å². The second-order valence-corrected chi connectivity index (χ2v) is 5.37. The minimum Gasteiger partial charge on any atom is -0.392 e. The highest BCUT2D eigenvalue weighted by Crippen LogP contribution is 2.11. The summed E-state index contributed by atoms with van der Waals surface area (Å²) in [6.07, 6.45) is 1.47. The van der Waals surface area contributed by atoms with Gasteiger partial charge in [0.2, 0.25) is 5.91 Å². The van der Waals surface area contributed by atoms with Gasteiger partial charge in [-0.05, 0) is 19.4 Å². The molecule has 1 atom stereocenters. The molecule has 0 saturated carbocycles. The van der Waals surface area contributed by atoms with Gasteiger partial charge >= 0.3 is 0 Å². The SMILES string of the molecule is Nc1nc(CNC(=O)CN2CCC[C@@H](O)C2)cs1. The van der Waals surface area contributed by atoms with Crippen molar-refractivity contribution in [3.63, 3.8) is 0 Å². The number of likely N-dealkylation sites (tertiary alicyclic amines) is 1. The van der Waals surface area contributed by atoms with E-state index in [2.05, 4.69) is 10.3 Å². The summed E-state index contributed by atoms with van der Waals surface area (Å²) in [6.45, 7) is 2.19. The van der Waals surface area contributed by atoms with Gasteiger partial charge in [0.15, 0.2) is 5.13 Å². The number of hydrogen-bond donors (Lipinski definition) is 3. The first kappa shape index (κ1) is 13.3. The summed E-state index contributed by atoms with van der Waals surface area (Å²) in [6, 6.07) is 0. The molecule has 1 aliphatic heterocycles. The Morgan fingerprint density at radius 3 is 3.22 bits per heavy atom. The zero-order chi connectivity index (χ0) is 13.0. The van der Waals surface area contributed by atoms with E-state index >= 15 is 0 Å². The molecule has 1 aromatic rings. The Balaban J connectivity index is 1.71. The van der Waals surface area contributed by atoms with Crippen molar-refractivity contribution in [1.29, 1.82) is 0 Å². The molecule has 0 aliphatic carbocycles. The fourth-order valence-electron chi connectivity index (χ4n) is 2.03. The third-order valence-corrected chi connectivity index (χ3v) is 3.61. The number of nitrogen functional groups attached to an aromatic ring is 1. The summed E-state index contributed by atoms with van der Waals surface area (Å²) in [4.78, 5) is 17.7. The Morgan fingerprint density at radius 1 is 1.72 bits per heavy atom. The number of piperidine rings is 1. The molecule has 1 amide bonds. The third kappa shape index (κ3) is 3.94. The maximum atomic E-state index is 11.7. The molecule has 7 heteroatoms. The predicted molar refractivity (Wildman–Crippen MR) is 70.1 cm³/mol. The Morgan fingerprint density at radius 2 is 2.56 bits per heavy atom. The topological polar surface area (TPSA) is 91.5 Å². The average Bonchev–Trinajstić information content (AvgIpc) is 2.73. The van der Waals surface area contributed by atoms with Crippen molar-refractivity contribution in [2.24, 2.45) is 0 Å². The molecule has 0 unspecified atom stereocenters. The summed E-state index contributed by atoms with van der Waals surface area (Å²) in [7, 11) is 0. The quantitative estimate of drug-likeness (QED) is 0.704. The van der Waals surface area contributed by atoms with Gasteiger partial charge in [0.25, 0.3) is 0 Å². The standard InChI is InChI=1S/C11H18N4O2S/c12-11-14-8(7-18-11)4-13-10(17)6-15-3-1-2-9(16)5-15/h7,9,16H,1-6H2,(H2,12,14)(H,13,17)/t9-/m1/s1. The van der Waals surface area contributed by atoms with Gasteiger partial charge in [0, 0.05) is 11.9 Å². The molecular formula is C11H18N4O2S. The monoisotopic (exact) mass is 270 g/mol. The van der Waals surface area contributed by atoms with E-state index in [4.69, 9.17) is 5.73 Å². The lowest BCUT2D eigenvalue weighted by atomic mass is 10.1. The lowest BCUT2D eigenvalue weighted by Crippen LogP contribution is -2.44. The van der Waals surface area contributed by atoms with Crippen LogP contribution in [0.1, 0.15) is 18.5 Å². The highest BCUT2D eigenvalue weighted by Gasteiger charge is 2.19. The first-order chi connectivity index (χ1) is 8.63. The van der Waals surface area contributed by atoms with Crippen molar-refractivity contribution in [3.05, 3.63) is 11.1 Å². The second-order valence-electron chi connectivity index (χ2n) is 4.48. The summed E-state index contributed by atoms with van der Waals surface area (Å²) in [5, 5.41) is 14.7. The number of anilines is 1. The zero-order valence-electron chi connectivity index (χ0n) is 10.1. The van der Waals surface area contributed by atoms with E-state index in [0.29, 0.717) is 24.8 Å². The van der Waals surface area contributed by atoms with Crippen LogP contribution in [-0.4, -0.2) is 46.6 Å². The van der Waals surface area contributed by atoms with E-state index in [9.17, 15) is 9.90 Å². The lowest BCUT2D eigenvalue weighted by Gasteiger charge is -2.29. The fraction of sp³-hybridized carbons (Fsp3) is 0.636. The molecule has 1 fully saturated rings. The molecule has 0 spiro atoms. The third-order valence-electron chi connectivity index (χ3n) is 2.88. The summed E-state index contributed by atoms with van der Waals surface area (Å²) in [5.41, 5.74) is 6.29. The number of aromatic nitrogens is 1. The molecule has 2 heterocycles. The minimum absolute atomic E-state index is 0.0457. The first-order valence-corrected chi connectivity index (χ1v) is 6.88. The largest absolute Gasteiger partial charge is 0.392 e. The molecule has 4 N–H and O–H groups in total. The summed E-state index contributed by atoms with van der Waals surface area (Å²) < 4.78 is 0. The van der Waals surface area contributed by atoms with Crippen LogP contribution in [0.5, 0.6) is 0 Å². The molecule has 1 saturated heterocycles. The molecule has 2 rings (SSSR count). The van der Waals surface area contributed by atoms with Crippen molar-refractivity contribution in [1.82, 2.24) is 15.2 Å². The zero-order valence-corrected chi connectivity index (χ0v) is 10.9. The number of β-amino-alcohol motifs (C(OH)–C–C–N with tert-alkyl or cyclic N) is 1. The van der Waals surface area contributed by atoms with E-state index in [-0.39, 0.29) is 12.0 Å². The highest BCUT2D eigenvalue weighted by molar-refractivity contribution is 7.13. The molecule has 0 radical (unpaired) electrons. The number of nitrogens with zero attached hydrogens (tertiary/aromatic N) is 2. The van der Waals surface area contributed by atoms with E-state index in [1.165, 1.54) is 11.3 Å². The first-order valence-electron chi connectivity index (χ1n) is 6.00. The molecule has 6 nitrogen and oxygen atoms in total. The van der Waals surface area contributed by atoms with Gasteiger partial charge < -0.3 is 16.2 Å². The van der Waals surface area contributed by atoms with Crippen molar-refractivity contribution >= 4 is 22.4 Å². The van der Waals surface area contributed by atoms with Gasteiger partial charge in [-0.2, -0.15) is 0 Å². The summed E-state index contributed by atoms with van der Waals surface area (Å²) in [5.74, 6) is -0.0457. The second kappa shape index (κ2) is 6.12. The van der Waals surface area contributed by atoms with E-state index < -0.39 is 0 Å². The molecular weight excluding hydrogens is 252 g/mol. The number of hydrogen-bond acceptors (Lipinski definition) is 6. The molecule has 18 heavy (non-hydrogen) atoms. The van der Waals surface area contributed by atoms with Crippen LogP contribution in [0.15, 0.2) is 5.38 Å². The number of amides is 1. The van der Waals surface area contributed by atoms with Gasteiger partial charge in [-0.3, -0.25) is 9.69 Å². The van der Waals surface area contributed by atoms with Crippen molar-refractivity contribution < 1.29 is 9.90 Å². The number of aliphatic hydroxyl groups excluding tert-OH is 1. The van der Waals surface area contributed by atoms with Gasteiger partial charge in [0.1, 0.15) is 0 Å². The van der Waals surface area contributed by atoms with Gasteiger partial charge in [0.05, 0.1) is 24.9 Å². The Kier molecular flexibility index (Phi) is 4.51. The smallest absolute Gasteiger partial charge is 0.234 e. The molecule has 0 bridgehead atoms. The van der Waals surface area contributed by atoms with Crippen molar-refractivity contribution in [3.8, 4) is 0 Å². The van der Waals surface area contributed by atoms with Crippen LogP contribution in [0.3, 0.4) is 0 Å². The van der Waals surface area contributed by atoms with Gasteiger partial charge in [-0.1, -0.05) is 0 Å². The summed E-state index contributed by atoms with van der Waals surface area (Å²) >= 11 is 1.36. The number of aliphatic hydroxyl groups is 1. The normalized spacial score (nSPS) is 20.8. The van der Waals surface area contributed by atoms with Crippen LogP contribution in [0.2, 0.25) is 0 Å². The van der Waals surface area contributed by atoms with Crippen LogP contribution >= 0.6 is 11.3 Å². The number of carbonyl (C=O) groups excluding carboxylic acids is 1. The average molecular weight is 270 g/mol. The number of carbonyl (C=O) groups is 1. The number of nitrogens with one attached hydrogen (secondary N) is 1. The molecule has 0 aromatic carbocycles. The van der Waals surface area contributed by atoms with Crippen LogP contribution < -0.4 is 11.1 Å². The maximum absolute atomic E-state index is 11.7. The Hall–Kier alpha value is -1.18. The lowest BCUT2D eigenvalue weighted by molar-refractivity contribution is -0.123. The van der Waals surface area contributed by atoms with Crippen LogP contribution in [0.4, 0.5) is 5.13 Å². The predicted octanol–water partition coefficient (Wildman–Crippen LogP) is -0.202. The van der Waals surface area contributed by atoms with Crippen molar-refractivity contribution in [2.75, 3.05) is 25.4 Å². The van der Waals surface area contributed by atoms with Crippen molar-refractivity contribution in [2.45, 2.75) is 25.5 Å². The van der Waals surface area contributed by atoms with Gasteiger partial charge in [-0.15, -0.1) is 11.3 Å². The number of thiazole rings is 1. The van der Waals surface area contributed by atoms with Crippen LogP contribution in [-0.2, 0) is 11.3 Å². The van der Waals surface area contributed by atoms with Crippen LogP contribution in [0, 0.1) is 0 Å². The van der Waals surface area contributed by atoms with Crippen LogP contribution in [0.25, 0.3) is 0 Å². The molecule has 100 valence electrons. The van der Waals surface area contributed by atoms with E-state index in [1.54, 1.807) is 0 Å². The Labute approximate surface area is 110 Å². The number of rotatable bonds is 4. The number of nitrogens with two attached hydrogens (primary N) is 1. The molecule has 1 aliphatic rings. The van der Waals surface area contributed by atoms with E-state index in [0.717, 1.165) is 25.1 Å². The minimum atomic E-state index is -0.301. The Bertz CT molecular complexity index is 410. The van der Waals surface area contributed by atoms with Gasteiger partial charge in [-0.25, -0.2) is 4.98 Å². The highest BCUT2D eigenvalue weighted by atomic mass is 32.1. The molecule has 1 aromatic heterocycles. The maximum Gasteiger partial charge on any atom is 0.234 e. The fourth-order valence-corrected chi connectivity index (χ4v) is 2.59.